The highest BCUT2D eigenvalue weighted by molar-refractivity contribution is 6.05. The zero-order chi connectivity index (χ0) is 21.7. The lowest BCUT2D eigenvalue weighted by Crippen LogP contribution is -2.52. The Hall–Kier alpha value is -2.41. The lowest BCUT2D eigenvalue weighted by atomic mass is 9.91. The van der Waals surface area contributed by atoms with Gasteiger partial charge in [-0.05, 0) is 69.8 Å². The minimum Gasteiger partial charge on any atom is -0.365 e. The van der Waals surface area contributed by atoms with E-state index in [1.807, 2.05) is 6.07 Å². The first-order valence-electron chi connectivity index (χ1n) is 11.7. The van der Waals surface area contributed by atoms with Crippen molar-refractivity contribution in [3.8, 4) is 0 Å². The number of nitrogens with one attached hydrogen (secondary N) is 1. The van der Waals surface area contributed by atoms with Gasteiger partial charge in [0.1, 0.15) is 6.04 Å². The summed E-state index contributed by atoms with van der Waals surface area (Å²) in [6, 6.07) is 7.29. The molecule has 2 saturated heterocycles. The molecule has 3 unspecified atom stereocenters. The normalized spacial score (nSPS) is 28.9. The molecule has 7 heteroatoms. The van der Waals surface area contributed by atoms with Crippen molar-refractivity contribution < 1.29 is 14.4 Å². The van der Waals surface area contributed by atoms with E-state index >= 15 is 0 Å². The Morgan fingerprint density at radius 2 is 1.90 bits per heavy atom. The molecule has 1 aromatic carbocycles. The van der Waals surface area contributed by atoms with Crippen LogP contribution in [0.25, 0.3) is 0 Å². The molecule has 1 aromatic rings. The predicted octanol–water partition coefficient (Wildman–Crippen LogP) is 2.29. The van der Waals surface area contributed by atoms with Crippen LogP contribution >= 0.6 is 0 Å². The average Bonchev–Trinajstić information content (AvgIpc) is 3.20. The second-order valence-corrected chi connectivity index (χ2v) is 9.75. The van der Waals surface area contributed by atoms with Crippen LogP contribution in [0.5, 0.6) is 0 Å². The van der Waals surface area contributed by atoms with Crippen molar-refractivity contribution in [2.24, 2.45) is 0 Å². The molecule has 166 valence electrons. The van der Waals surface area contributed by atoms with Crippen molar-refractivity contribution in [1.29, 1.82) is 0 Å². The van der Waals surface area contributed by atoms with Gasteiger partial charge in [0.15, 0.2) is 0 Å². The van der Waals surface area contributed by atoms with Crippen molar-refractivity contribution in [3.05, 3.63) is 29.3 Å². The Bertz CT molecular complexity index is 912. The van der Waals surface area contributed by atoms with E-state index < -0.39 is 6.04 Å². The topological polar surface area (TPSA) is 73.0 Å². The van der Waals surface area contributed by atoms with Crippen molar-refractivity contribution in [2.45, 2.75) is 82.6 Å². The highest BCUT2D eigenvalue weighted by Gasteiger charge is 2.40. The summed E-state index contributed by atoms with van der Waals surface area (Å²) in [5.74, 6) is -0.717. The second kappa shape index (κ2) is 7.93. The molecule has 0 radical (unpaired) electrons. The largest absolute Gasteiger partial charge is 0.365 e. The molecule has 0 spiro atoms. The first-order chi connectivity index (χ1) is 14.9. The molecule has 0 bridgehead atoms. The highest BCUT2D eigenvalue weighted by atomic mass is 16.2. The molecule has 3 heterocycles. The summed E-state index contributed by atoms with van der Waals surface area (Å²) in [5.41, 5.74) is 2.84. The predicted molar refractivity (Wildman–Crippen MR) is 118 cm³/mol. The SMILES string of the molecule is CC1CCC(CN(C)C2CCC2)N1c1ccc2c(c1)CN(C1CCC(=O)NC1=O)C2=O. The summed E-state index contributed by atoms with van der Waals surface area (Å²) in [6.07, 6.45) is 7.03. The number of carbonyl (C=O) groups excluding carboxylic acids is 3. The summed E-state index contributed by atoms with van der Waals surface area (Å²) in [5, 5.41) is 2.37. The maximum atomic E-state index is 13.0. The summed E-state index contributed by atoms with van der Waals surface area (Å²) in [6.45, 7) is 3.80. The fraction of sp³-hybridized carbons (Fsp3) is 0.625. The fourth-order valence-electron chi connectivity index (χ4n) is 5.75. The van der Waals surface area contributed by atoms with Crippen LogP contribution in [0.15, 0.2) is 18.2 Å². The number of carbonyl (C=O) groups is 3. The van der Waals surface area contributed by atoms with Gasteiger partial charge >= 0.3 is 0 Å². The van der Waals surface area contributed by atoms with Gasteiger partial charge in [-0.1, -0.05) is 6.42 Å². The zero-order valence-electron chi connectivity index (χ0n) is 18.5. The van der Waals surface area contributed by atoms with Gasteiger partial charge in [-0.15, -0.1) is 0 Å². The van der Waals surface area contributed by atoms with Gasteiger partial charge in [0, 0.05) is 48.9 Å². The van der Waals surface area contributed by atoms with E-state index in [0.29, 0.717) is 30.6 Å². The molecule has 3 atom stereocenters. The number of piperidine rings is 1. The van der Waals surface area contributed by atoms with E-state index in [1.54, 1.807) is 4.90 Å². The van der Waals surface area contributed by atoms with Crippen LogP contribution < -0.4 is 10.2 Å². The number of benzene rings is 1. The first kappa shape index (κ1) is 20.5. The maximum absolute atomic E-state index is 13.0. The third-order valence-corrected chi connectivity index (χ3v) is 7.79. The van der Waals surface area contributed by atoms with Crippen LogP contribution in [0.3, 0.4) is 0 Å². The quantitative estimate of drug-likeness (QED) is 0.735. The molecule has 7 nitrogen and oxygen atoms in total. The maximum Gasteiger partial charge on any atom is 0.255 e. The molecule has 3 fully saturated rings. The number of nitrogens with zero attached hydrogens (tertiary/aromatic N) is 3. The van der Waals surface area contributed by atoms with Gasteiger partial charge in [0.05, 0.1) is 0 Å². The Morgan fingerprint density at radius 3 is 2.61 bits per heavy atom. The molecule has 5 rings (SSSR count). The standard InChI is InChI=1S/C24H32N4O3/c1-15-6-7-19(14-26(2)17-4-3-5-17)28(15)18-8-9-20-16(12-18)13-27(24(20)31)21-10-11-22(29)25-23(21)30/h8-9,12,15,17,19,21H,3-7,10-11,13-14H2,1-2H3,(H,25,29,30). The zero-order valence-corrected chi connectivity index (χ0v) is 18.5. The Balaban J connectivity index is 1.34. The van der Waals surface area contributed by atoms with Crippen LogP contribution in [0.2, 0.25) is 0 Å². The fourth-order valence-corrected chi connectivity index (χ4v) is 5.75. The summed E-state index contributed by atoms with van der Waals surface area (Å²) >= 11 is 0. The lowest BCUT2D eigenvalue weighted by molar-refractivity contribution is -0.136. The van der Waals surface area contributed by atoms with Crippen LogP contribution in [-0.2, 0) is 16.1 Å². The Labute approximate surface area is 183 Å². The van der Waals surface area contributed by atoms with Gasteiger partial charge in [0.25, 0.3) is 5.91 Å². The molecule has 1 aliphatic carbocycles. The summed E-state index contributed by atoms with van der Waals surface area (Å²) in [7, 11) is 2.25. The van der Waals surface area contributed by atoms with E-state index in [1.165, 1.54) is 37.8 Å². The van der Waals surface area contributed by atoms with Gasteiger partial charge in [0.2, 0.25) is 11.8 Å². The van der Waals surface area contributed by atoms with Gasteiger partial charge in [-0.25, -0.2) is 0 Å². The number of rotatable bonds is 5. The minimum absolute atomic E-state index is 0.105. The van der Waals surface area contributed by atoms with Crippen molar-refractivity contribution >= 4 is 23.4 Å². The lowest BCUT2D eigenvalue weighted by Gasteiger charge is -2.39. The number of amides is 3. The number of fused-ring (bicyclic) bond motifs is 1. The molecule has 4 aliphatic rings. The van der Waals surface area contributed by atoms with Gasteiger partial charge in [-0.2, -0.15) is 0 Å². The molecule has 0 aromatic heterocycles. The third kappa shape index (κ3) is 3.63. The first-order valence-corrected chi connectivity index (χ1v) is 11.7. The van der Waals surface area contributed by atoms with Crippen LogP contribution in [-0.4, -0.2) is 65.3 Å². The molecule has 3 amide bonds. The van der Waals surface area contributed by atoms with Crippen LogP contribution in [0.4, 0.5) is 5.69 Å². The average molecular weight is 425 g/mol. The molecule has 3 aliphatic heterocycles. The summed E-state index contributed by atoms with van der Waals surface area (Å²) in [4.78, 5) is 43.5. The molecule has 1 N–H and O–H groups in total. The number of hydrogen-bond acceptors (Lipinski definition) is 5. The number of anilines is 1. The van der Waals surface area contributed by atoms with Gasteiger partial charge < -0.3 is 14.7 Å². The van der Waals surface area contributed by atoms with Crippen molar-refractivity contribution in [1.82, 2.24) is 15.1 Å². The van der Waals surface area contributed by atoms with E-state index in [-0.39, 0.29) is 24.1 Å². The van der Waals surface area contributed by atoms with E-state index in [4.69, 9.17) is 0 Å². The third-order valence-electron chi connectivity index (χ3n) is 7.79. The molecular weight excluding hydrogens is 392 g/mol. The van der Waals surface area contributed by atoms with E-state index in [2.05, 4.69) is 41.2 Å². The monoisotopic (exact) mass is 424 g/mol. The van der Waals surface area contributed by atoms with E-state index in [9.17, 15) is 14.4 Å². The van der Waals surface area contributed by atoms with Crippen molar-refractivity contribution in [2.75, 3.05) is 18.5 Å². The Kier molecular flexibility index (Phi) is 5.24. The molecule has 31 heavy (non-hydrogen) atoms. The number of likely N-dealkylation sites (N-methyl/N-ethyl adjacent to an activating group) is 1. The van der Waals surface area contributed by atoms with Gasteiger partial charge in [-0.3, -0.25) is 19.7 Å². The van der Waals surface area contributed by atoms with Crippen molar-refractivity contribution in [3.63, 3.8) is 0 Å². The van der Waals surface area contributed by atoms with E-state index in [0.717, 1.165) is 18.2 Å². The molecular formula is C24H32N4O3. The number of hydrogen-bond donors (Lipinski definition) is 1. The summed E-state index contributed by atoms with van der Waals surface area (Å²) < 4.78 is 0. The molecule has 1 saturated carbocycles. The number of imide groups is 1. The minimum atomic E-state index is -0.560. The smallest absolute Gasteiger partial charge is 0.255 e. The van der Waals surface area contributed by atoms with Crippen LogP contribution in [0.1, 0.15) is 67.8 Å². The highest BCUT2D eigenvalue weighted by Crippen LogP contribution is 2.36. The second-order valence-electron chi connectivity index (χ2n) is 9.75. The van der Waals surface area contributed by atoms with Crippen LogP contribution in [0, 0.1) is 0 Å². The Morgan fingerprint density at radius 1 is 1.10 bits per heavy atom.